The van der Waals surface area contributed by atoms with Gasteiger partial charge in [0, 0.05) is 19.1 Å². The molecule has 2 unspecified atom stereocenters. The molecule has 1 aliphatic heterocycles. The molecule has 3 N–H and O–H groups in total. The number of hydrogen-bond donors (Lipinski definition) is 2. The van der Waals surface area contributed by atoms with Crippen LogP contribution in [-0.4, -0.2) is 30.1 Å². The van der Waals surface area contributed by atoms with Gasteiger partial charge in [-0.15, -0.1) is 0 Å². The van der Waals surface area contributed by atoms with Gasteiger partial charge in [0.1, 0.15) is 0 Å². The molecule has 1 aromatic rings. The highest BCUT2D eigenvalue weighted by Crippen LogP contribution is 2.22. The summed E-state index contributed by atoms with van der Waals surface area (Å²) in [5, 5.41) is 2.96. The summed E-state index contributed by atoms with van der Waals surface area (Å²) in [6, 6.07) is 1.67. The lowest BCUT2D eigenvalue weighted by Gasteiger charge is -2.17. The molecule has 0 bridgehead atoms. The van der Waals surface area contributed by atoms with Crippen LogP contribution in [0.15, 0.2) is 12.3 Å². The number of nitrogens with two attached hydrogens (primary N) is 1. The minimum atomic E-state index is -0.112. The van der Waals surface area contributed by atoms with E-state index in [1.807, 2.05) is 6.92 Å². The van der Waals surface area contributed by atoms with Gasteiger partial charge in [-0.05, 0) is 25.8 Å². The van der Waals surface area contributed by atoms with Crippen molar-refractivity contribution in [3.8, 4) is 0 Å². The number of rotatable bonds is 4. The van der Waals surface area contributed by atoms with Crippen molar-refractivity contribution in [2.75, 3.05) is 18.9 Å². The number of nitrogen functional groups attached to an aromatic ring is 1. The molecule has 104 valence electrons. The molecule has 0 saturated carbocycles. The maximum absolute atomic E-state index is 12.1. The molecule has 5 heteroatoms. The number of aromatic nitrogens is 1. The second kappa shape index (κ2) is 6.02. The van der Waals surface area contributed by atoms with Crippen LogP contribution in [0.3, 0.4) is 0 Å². The van der Waals surface area contributed by atoms with Crippen LogP contribution >= 0.6 is 0 Å². The summed E-state index contributed by atoms with van der Waals surface area (Å²) in [6.45, 7) is 5.35. The molecule has 19 heavy (non-hydrogen) atoms. The van der Waals surface area contributed by atoms with E-state index in [4.69, 9.17) is 10.5 Å². The van der Waals surface area contributed by atoms with Crippen LogP contribution in [0.1, 0.15) is 35.8 Å². The first kappa shape index (κ1) is 13.8. The van der Waals surface area contributed by atoms with Gasteiger partial charge in [0.05, 0.1) is 29.2 Å². The smallest absolute Gasteiger partial charge is 0.253 e. The molecule has 2 atom stereocenters. The molecule has 2 rings (SSSR count). The Morgan fingerprint density at radius 3 is 3.16 bits per heavy atom. The maximum Gasteiger partial charge on any atom is 0.253 e. The maximum atomic E-state index is 12.1. The predicted molar refractivity (Wildman–Crippen MR) is 73.9 cm³/mol. The Kier molecular flexibility index (Phi) is 4.37. The largest absolute Gasteiger partial charge is 0.397 e. The Morgan fingerprint density at radius 2 is 2.42 bits per heavy atom. The highest BCUT2D eigenvalue weighted by molar-refractivity contribution is 5.95. The standard InChI is InChI=1S/C14H21N3O2/c1-3-13-10(4-5-19-13)7-17-14(18)12-6-11(15)8-16-9(12)2/h6,8,10,13H,3-5,7,15H2,1-2H3,(H,17,18). The summed E-state index contributed by atoms with van der Waals surface area (Å²) in [6.07, 6.45) is 3.82. The highest BCUT2D eigenvalue weighted by Gasteiger charge is 2.27. The fourth-order valence-corrected chi connectivity index (χ4v) is 2.48. The average molecular weight is 263 g/mol. The zero-order valence-corrected chi connectivity index (χ0v) is 11.5. The highest BCUT2D eigenvalue weighted by atomic mass is 16.5. The normalized spacial score (nSPS) is 22.4. The molecule has 1 amide bonds. The lowest BCUT2D eigenvalue weighted by molar-refractivity contribution is 0.0826. The van der Waals surface area contributed by atoms with Crippen molar-refractivity contribution in [3.63, 3.8) is 0 Å². The van der Waals surface area contributed by atoms with E-state index in [1.165, 1.54) is 0 Å². The summed E-state index contributed by atoms with van der Waals surface area (Å²) in [4.78, 5) is 16.2. The van der Waals surface area contributed by atoms with Crippen LogP contribution in [0.5, 0.6) is 0 Å². The second-order valence-electron chi connectivity index (χ2n) is 4.98. The van der Waals surface area contributed by atoms with Crippen molar-refractivity contribution < 1.29 is 9.53 Å². The Hall–Kier alpha value is -1.62. The number of ether oxygens (including phenoxy) is 1. The molecule has 1 saturated heterocycles. The SMILES string of the molecule is CCC1OCCC1CNC(=O)c1cc(N)cnc1C. The number of aryl methyl sites for hydroxylation is 1. The van der Waals surface area contributed by atoms with E-state index < -0.39 is 0 Å². The molecule has 0 radical (unpaired) electrons. The van der Waals surface area contributed by atoms with Crippen LogP contribution in [0.2, 0.25) is 0 Å². The molecule has 0 aliphatic carbocycles. The predicted octanol–water partition coefficient (Wildman–Crippen LogP) is 1.52. The van der Waals surface area contributed by atoms with E-state index in [0.717, 1.165) is 19.4 Å². The van der Waals surface area contributed by atoms with Gasteiger partial charge >= 0.3 is 0 Å². The van der Waals surface area contributed by atoms with E-state index in [9.17, 15) is 4.79 Å². The van der Waals surface area contributed by atoms with Gasteiger partial charge in [-0.2, -0.15) is 0 Å². The number of hydrogen-bond acceptors (Lipinski definition) is 4. The first-order chi connectivity index (χ1) is 9.11. The van der Waals surface area contributed by atoms with Gasteiger partial charge in [0.15, 0.2) is 0 Å². The Labute approximate surface area is 113 Å². The van der Waals surface area contributed by atoms with Gasteiger partial charge in [-0.25, -0.2) is 0 Å². The molecule has 0 spiro atoms. The summed E-state index contributed by atoms with van der Waals surface area (Å²) in [5.74, 6) is 0.294. The number of pyridine rings is 1. The third-order valence-electron chi connectivity index (χ3n) is 3.63. The molecular weight excluding hydrogens is 242 g/mol. The van der Waals surface area contributed by atoms with Gasteiger partial charge in [0.2, 0.25) is 0 Å². The second-order valence-corrected chi connectivity index (χ2v) is 4.98. The number of carbonyl (C=O) groups excluding carboxylic acids is 1. The monoisotopic (exact) mass is 263 g/mol. The number of carbonyl (C=O) groups is 1. The van der Waals surface area contributed by atoms with E-state index in [0.29, 0.717) is 29.4 Å². The summed E-state index contributed by atoms with van der Waals surface area (Å²) < 4.78 is 5.61. The van der Waals surface area contributed by atoms with Crippen molar-refractivity contribution in [3.05, 3.63) is 23.5 Å². The zero-order valence-electron chi connectivity index (χ0n) is 11.5. The first-order valence-corrected chi connectivity index (χ1v) is 6.73. The van der Waals surface area contributed by atoms with Crippen molar-refractivity contribution in [1.29, 1.82) is 0 Å². The van der Waals surface area contributed by atoms with E-state index in [-0.39, 0.29) is 12.0 Å². The lowest BCUT2D eigenvalue weighted by atomic mass is 9.99. The third-order valence-corrected chi connectivity index (χ3v) is 3.63. The average Bonchev–Trinajstić information content (AvgIpc) is 2.86. The topological polar surface area (TPSA) is 77.2 Å². The Morgan fingerprint density at radius 1 is 1.63 bits per heavy atom. The molecule has 1 aliphatic rings. The van der Waals surface area contributed by atoms with Gasteiger partial charge in [-0.1, -0.05) is 6.92 Å². The third kappa shape index (κ3) is 3.23. The minimum absolute atomic E-state index is 0.112. The quantitative estimate of drug-likeness (QED) is 0.863. The Balaban J connectivity index is 1.96. The fourth-order valence-electron chi connectivity index (χ4n) is 2.48. The van der Waals surface area contributed by atoms with Crippen molar-refractivity contribution in [2.45, 2.75) is 32.8 Å². The first-order valence-electron chi connectivity index (χ1n) is 6.73. The molecule has 1 fully saturated rings. The number of nitrogens with one attached hydrogen (secondary N) is 1. The lowest BCUT2D eigenvalue weighted by Crippen LogP contribution is -2.33. The summed E-state index contributed by atoms with van der Waals surface area (Å²) >= 11 is 0. The van der Waals surface area contributed by atoms with Crippen LogP contribution in [-0.2, 0) is 4.74 Å². The van der Waals surface area contributed by atoms with Crippen molar-refractivity contribution in [1.82, 2.24) is 10.3 Å². The molecule has 1 aromatic heterocycles. The Bertz CT molecular complexity index is 462. The van der Waals surface area contributed by atoms with E-state index >= 15 is 0 Å². The number of amides is 1. The molecule has 5 nitrogen and oxygen atoms in total. The van der Waals surface area contributed by atoms with Crippen LogP contribution < -0.4 is 11.1 Å². The minimum Gasteiger partial charge on any atom is -0.397 e. The summed E-state index contributed by atoms with van der Waals surface area (Å²) in [7, 11) is 0. The van der Waals surface area contributed by atoms with E-state index in [2.05, 4.69) is 17.2 Å². The zero-order chi connectivity index (χ0) is 13.8. The molecule has 0 aromatic carbocycles. The van der Waals surface area contributed by atoms with Gasteiger partial charge in [-0.3, -0.25) is 9.78 Å². The fraction of sp³-hybridized carbons (Fsp3) is 0.571. The summed E-state index contributed by atoms with van der Waals surface area (Å²) in [5.41, 5.74) is 7.41. The van der Waals surface area contributed by atoms with Crippen molar-refractivity contribution >= 4 is 11.6 Å². The van der Waals surface area contributed by atoms with Crippen LogP contribution in [0, 0.1) is 12.8 Å². The van der Waals surface area contributed by atoms with Crippen LogP contribution in [0.25, 0.3) is 0 Å². The molecule has 2 heterocycles. The van der Waals surface area contributed by atoms with Crippen LogP contribution in [0.4, 0.5) is 5.69 Å². The number of nitrogens with zero attached hydrogens (tertiary/aromatic N) is 1. The molecular formula is C14H21N3O2. The van der Waals surface area contributed by atoms with Crippen molar-refractivity contribution in [2.24, 2.45) is 5.92 Å². The van der Waals surface area contributed by atoms with Gasteiger partial charge in [0.25, 0.3) is 5.91 Å². The number of anilines is 1. The van der Waals surface area contributed by atoms with Gasteiger partial charge < -0.3 is 15.8 Å². The van der Waals surface area contributed by atoms with E-state index in [1.54, 1.807) is 12.3 Å².